The molecule has 2 aromatic carbocycles. The summed E-state index contributed by atoms with van der Waals surface area (Å²) in [6, 6.07) is 26.3. The highest BCUT2D eigenvalue weighted by Crippen LogP contribution is 2.42. The summed E-state index contributed by atoms with van der Waals surface area (Å²) in [5.41, 5.74) is 4.72. The third-order valence-corrected chi connectivity index (χ3v) is 7.60. The molecule has 0 atom stereocenters. The fourth-order valence-corrected chi connectivity index (χ4v) is 5.88. The van der Waals surface area contributed by atoms with E-state index in [1.54, 1.807) is 22.7 Å². The molecule has 7 heteroatoms. The molecule has 0 amide bonds. The van der Waals surface area contributed by atoms with Gasteiger partial charge in [-0.25, -0.2) is 0 Å². The molecule has 0 unspecified atom stereocenters. The maximum Gasteiger partial charge on any atom is 0.136 e. The lowest BCUT2D eigenvalue weighted by Crippen LogP contribution is -1.87. The van der Waals surface area contributed by atoms with Gasteiger partial charge in [0.25, 0.3) is 0 Å². The van der Waals surface area contributed by atoms with Gasteiger partial charge in [-0.3, -0.25) is 4.98 Å². The van der Waals surface area contributed by atoms with Crippen molar-refractivity contribution in [2.45, 2.75) is 7.43 Å². The van der Waals surface area contributed by atoms with Gasteiger partial charge >= 0.3 is 0 Å². The molecule has 0 bridgehead atoms. The van der Waals surface area contributed by atoms with E-state index in [1.807, 2.05) is 60.8 Å². The van der Waals surface area contributed by atoms with E-state index in [2.05, 4.69) is 38.4 Å². The van der Waals surface area contributed by atoms with Gasteiger partial charge in [0.15, 0.2) is 0 Å². The van der Waals surface area contributed by atoms with E-state index in [-0.39, 0.29) is 7.43 Å². The van der Waals surface area contributed by atoms with Crippen molar-refractivity contribution >= 4 is 45.4 Å². The van der Waals surface area contributed by atoms with Gasteiger partial charge in [0.1, 0.15) is 28.2 Å². The first-order valence-corrected chi connectivity index (χ1v) is 12.4. The number of thiophene rings is 2. The van der Waals surface area contributed by atoms with Gasteiger partial charge in [-0.2, -0.15) is 8.75 Å². The van der Waals surface area contributed by atoms with Gasteiger partial charge in [0, 0.05) is 27.1 Å². The normalized spacial score (nSPS) is 10.8. The van der Waals surface area contributed by atoms with Gasteiger partial charge in [0.2, 0.25) is 0 Å². The maximum absolute atomic E-state index is 6.17. The lowest BCUT2D eigenvalue weighted by molar-refractivity contribution is 0.484. The Kier molecular flexibility index (Phi) is 6.00. The average Bonchev–Trinajstić information content (AvgIpc) is 3.61. The topological polar surface area (TPSA) is 47.9 Å². The van der Waals surface area contributed by atoms with Crippen molar-refractivity contribution < 1.29 is 4.74 Å². The van der Waals surface area contributed by atoms with Crippen LogP contribution in [0, 0.1) is 0 Å². The fraction of sp³-hybridized carbons (Fsp3) is 0.0385. The molecule has 4 heterocycles. The number of hydrogen-bond donors (Lipinski definition) is 0. The smallest absolute Gasteiger partial charge is 0.136 e. The second-order valence-corrected chi connectivity index (χ2v) is 9.59. The molecule has 4 aromatic heterocycles. The highest BCUT2D eigenvalue weighted by atomic mass is 32.1. The van der Waals surface area contributed by atoms with Crippen LogP contribution >= 0.6 is 34.4 Å². The number of hydrogen-bond acceptors (Lipinski definition) is 7. The van der Waals surface area contributed by atoms with Gasteiger partial charge in [-0.05, 0) is 47.8 Å². The van der Waals surface area contributed by atoms with Crippen LogP contribution in [0.15, 0.2) is 90.4 Å². The molecule has 0 aliphatic carbocycles. The van der Waals surface area contributed by atoms with Crippen LogP contribution in [0.25, 0.3) is 42.5 Å². The third kappa shape index (κ3) is 4.06. The molecule has 0 aliphatic heterocycles. The highest BCUT2D eigenvalue weighted by molar-refractivity contribution is 7.19. The summed E-state index contributed by atoms with van der Waals surface area (Å²) in [7, 11) is 0. The summed E-state index contributed by atoms with van der Waals surface area (Å²) in [5.74, 6) is 1.65. The molecular weight excluding hydrogens is 467 g/mol. The molecule has 6 rings (SSSR count). The summed E-state index contributed by atoms with van der Waals surface area (Å²) in [6.45, 7) is 0. The zero-order valence-corrected chi connectivity index (χ0v) is 19.1. The molecule has 0 radical (unpaired) electrons. The molecule has 0 fully saturated rings. The number of pyridine rings is 1. The fourth-order valence-electron chi connectivity index (χ4n) is 3.55. The molecule has 6 aromatic rings. The number of nitrogens with zero attached hydrogens (tertiary/aromatic N) is 3. The molecule has 162 valence electrons. The van der Waals surface area contributed by atoms with E-state index in [1.165, 1.54) is 11.7 Å². The molecule has 0 aliphatic rings. The minimum atomic E-state index is 0. The van der Waals surface area contributed by atoms with Crippen molar-refractivity contribution in [3.05, 3.63) is 90.4 Å². The Labute approximate surface area is 204 Å². The number of aromatic nitrogens is 3. The average molecular weight is 486 g/mol. The van der Waals surface area contributed by atoms with Crippen molar-refractivity contribution in [3.63, 3.8) is 0 Å². The minimum absolute atomic E-state index is 0. The van der Waals surface area contributed by atoms with Crippen molar-refractivity contribution in [1.82, 2.24) is 13.7 Å². The first-order chi connectivity index (χ1) is 15.9. The molecule has 0 saturated heterocycles. The van der Waals surface area contributed by atoms with Gasteiger partial charge < -0.3 is 4.74 Å². The Balaban J connectivity index is 0.00000228. The van der Waals surface area contributed by atoms with E-state index in [0.29, 0.717) is 0 Å². The Morgan fingerprint density at radius 1 is 0.667 bits per heavy atom. The van der Waals surface area contributed by atoms with E-state index >= 15 is 0 Å². The van der Waals surface area contributed by atoms with Crippen LogP contribution in [-0.2, 0) is 0 Å². The number of ether oxygens (including phenoxy) is 1. The zero-order valence-electron chi connectivity index (χ0n) is 16.6. The van der Waals surface area contributed by atoms with Crippen LogP contribution in [0.2, 0.25) is 0 Å². The van der Waals surface area contributed by atoms with Gasteiger partial charge in [-0.15, -0.1) is 22.7 Å². The summed E-state index contributed by atoms with van der Waals surface area (Å²) in [4.78, 5) is 8.09. The molecule has 0 spiro atoms. The predicted molar refractivity (Wildman–Crippen MR) is 141 cm³/mol. The molecular formula is C26H19N3OS3. The van der Waals surface area contributed by atoms with E-state index in [4.69, 9.17) is 9.72 Å². The van der Waals surface area contributed by atoms with Crippen LogP contribution in [0.3, 0.4) is 0 Å². The second-order valence-electron chi connectivity index (χ2n) is 7.03. The summed E-state index contributed by atoms with van der Waals surface area (Å²) < 4.78 is 15.3. The van der Waals surface area contributed by atoms with Crippen LogP contribution in [-0.4, -0.2) is 13.7 Å². The van der Waals surface area contributed by atoms with Crippen LogP contribution in [0.4, 0.5) is 0 Å². The third-order valence-electron chi connectivity index (χ3n) is 5.04. The number of para-hydroxylation sites is 2. The monoisotopic (exact) mass is 485 g/mol. The van der Waals surface area contributed by atoms with Gasteiger partial charge in [-0.1, -0.05) is 43.8 Å². The zero-order chi connectivity index (χ0) is 21.3. The first-order valence-electron chi connectivity index (χ1n) is 9.94. The lowest BCUT2D eigenvalue weighted by Gasteiger charge is -2.10. The predicted octanol–water partition coefficient (Wildman–Crippen LogP) is 8.64. The molecule has 4 nitrogen and oxygen atoms in total. The SMILES string of the molecule is C.c1ccc(Oc2ccccc2-c2ccc(-c3cnc(-c4cccs4)c4nsnc34)s2)cc1. The van der Waals surface area contributed by atoms with Crippen molar-refractivity contribution in [3.8, 4) is 43.0 Å². The number of benzene rings is 2. The van der Waals surface area contributed by atoms with E-state index in [9.17, 15) is 0 Å². The molecule has 0 saturated carbocycles. The highest BCUT2D eigenvalue weighted by Gasteiger charge is 2.17. The Morgan fingerprint density at radius 2 is 1.42 bits per heavy atom. The molecule has 0 N–H and O–H groups in total. The second kappa shape index (κ2) is 9.23. The van der Waals surface area contributed by atoms with Crippen LogP contribution in [0.5, 0.6) is 11.5 Å². The van der Waals surface area contributed by atoms with Crippen LogP contribution in [0.1, 0.15) is 7.43 Å². The molecule has 33 heavy (non-hydrogen) atoms. The number of rotatable bonds is 5. The lowest BCUT2D eigenvalue weighted by atomic mass is 10.1. The van der Waals surface area contributed by atoms with Crippen molar-refractivity contribution in [2.75, 3.05) is 0 Å². The van der Waals surface area contributed by atoms with Crippen molar-refractivity contribution in [2.24, 2.45) is 0 Å². The Bertz CT molecular complexity index is 1500. The minimum Gasteiger partial charge on any atom is -0.457 e. The largest absolute Gasteiger partial charge is 0.457 e. The quantitative estimate of drug-likeness (QED) is 0.245. The van der Waals surface area contributed by atoms with Crippen LogP contribution < -0.4 is 4.74 Å². The summed E-state index contributed by atoms with van der Waals surface area (Å²) >= 11 is 4.60. The Morgan fingerprint density at radius 3 is 2.24 bits per heavy atom. The van der Waals surface area contributed by atoms with E-state index in [0.717, 1.165) is 54.0 Å². The van der Waals surface area contributed by atoms with E-state index < -0.39 is 0 Å². The van der Waals surface area contributed by atoms with Gasteiger partial charge in [0.05, 0.1) is 16.6 Å². The summed E-state index contributed by atoms with van der Waals surface area (Å²) in [5, 5.41) is 2.05. The summed E-state index contributed by atoms with van der Waals surface area (Å²) in [6.07, 6.45) is 1.92. The van der Waals surface area contributed by atoms with Crippen molar-refractivity contribution in [1.29, 1.82) is 0 Å². The Hall–Kier alpha value is -3.39. The standard InChI is InChI=1S/C25H15N3OS3.CH4/c1-2-7-16(8-3-1)29-19-10-5-4-9-17(19)20-12-13-21(31-20)18-15-26-24(22-11-6-14-30-22)25-23(18)27-32-28-25;/h1-15H;1H4. The maximum atomic E-state index is 6.17. The first kappa shape index (κ1) is 21.5. The number of fused-ring (bicyclic) bond motifs is 1.